The number of halogens is 1. The SMILES string of the molecule is CC(C)CN(c1ccccc1N1CCN(C(=O)[C@@H](Cc2ccc(F)cc2)NC(=O)CC2NCc3ccccc32)CC1)S(C)(=O)=O. The fourth-order valence-corrected chi connectivity index (χ4v) is 7.21. The lowest BCUT2D eigenvalue weighted by Crippen LogP contribution is -2.56. The second-order valence-corrected chi connectivity index (χ2v) is 14.2. The van der Waals surface area contributed by atoms with Gasteiger partial charge in [0.05, 0.1) is 17.6 Å². The lowest BCUT2D eigenvalue weighted by atomic mass is 10.0. The second kappa shape index (κ2) is 14.0. The van der Waals surface area contributed by atoms with Gasteiger partial charge in [-0.15, -0.1) is 0 Å². The van der Waals surface area contributed by atoms with Gasteiger partial charge in [-0.1, -0.05) is 62.4 Å². The Hall–Kier alpha value is -3.96. The molecule has 1 fully saturated rings. The summed E-state index contributed by atoms with van der Waals surface area (Å²) in [7, 11) is -3.51. The third kappa shape index (κ3) is 8.01. The summed E-state index contributed by atoms with van der Waals surface area (Å²) in [5, 5.41) is 6.37. The highest BCUT2D eigenvalue weighted by molar-refractivity contribution is 7.92. The molecule has 2 amide bonds. The molecule has 2 N–H and O–H groups in total. The van der Waals surface area contributed by atoms with Gasteiger partial charge in [0.15, 0.2) is 0 Å². The lowest BCUT2D eigenvalue weighted by molar-refractivity contribution is -0.136. The molecule has 2 aliphatic heterocycles. The molecule has 3 aromatic carbocycles. The minimum Gasteiger partial charge on any atom is -0.366 e. The Kier molecular flexibility index (Phi) is 10.1. The molecule has 1 saturated heterocycles. The second-order valence-electron chi connectivity index (χ2n) is 12.3. The molecular weight excluding hydrogens is 593 g/mol. The number of nitrogens with one attached hydrogen (secondary N) is 2. The number of carbonyl (C=O) groups is 2. The van der Waals surface area contributed by atoms with E-state index in [-0.39, 0.29) is 42.4 Å². The minimum absolute atomic E-state index is 0.131. The Morgan fingerprint density at radius 2 is 1.64 bits per heavy atom. The zero-order valence-electron chi connectivity index (χ0n) is 26.1. The normalized spacial score (nSPS) is 17.2. The molecule has 9 nitrogen and oxygen atoms in total. The minimum atomic E-state index is -3.51. The molecular formula is C34H42FN5O4S. The molecule has 2 atom stereocenters. The van der Waals surface area contributed by atoms with Gasteiger partial charge in [-0.25, -0.2) is 12.8 Å². The third-order valence-corrected chi connectivity index (χ3v) is 9.51. The smallest absolute Gasteiger partial charge is 0.245 e. The van der Waals surface area contributed by atoms with Gasteiger partial charge in [-0.2, -0.15) is 0 Å². The molecule has 0 saturated carbocycles. The van der Waals surface area contributed by atoms with Crippen molar-refractivity contribution in [2.45, 2.75) is 45.3 Å². The molecule has 5 rings (SSSR count). The molecule has 1 unspecified atom stereocenters. The molecule has 11 heteroatoms. The Labute approximate surface area is 265 Å². The van der Waals surface area contributed by atoms with Crippen LogP contribution in [0.1, 0.15) is 43.0 Å². The van der Waals surface area contributed by atoms with Gasteiger partial charge in [-0.3, -0.25) is 13.9 Å². The molecule has 0 spiro atoms. The highest BCUT2D eigenvalue weighted by Gasteiger charge is 2.32. The molecule has 240 valence electrons. The molecule has 2 aliphatic rings. The predicted octanol–water partition coefficient (Wildman–Crippen LogP) is 3.86. The van der Waals surface area contributed by atoms with Crippen LogP contribution >= 0.6 is 0 Å². The van der Waals surface area contributed by atoms with E-state index in [1.807, 2.05) is 62.4 Å². The summed E-state index contributed by atoms with van der Waals surface area (Å²) in [5.74, 6) is -0.660. The zero-order chi connectivity index (χ0) is 32.1. The molecule has 0 radical (unpaired) electrons. The number of piperazine rings is 1. The molecule has 0 aliphatic carbocycles. The Morgan fingerprint density at radius 3 is 2.33 bits per heavy atom. The van der Waals surface area contributed by atoms with E-state index in [9.17, 15) is 22.4 Å². The van der Waals surface area contributed by atoms with Crippen LogP contribution in [0, 0.1) is 11.7 Å². The van der Waals surface area contributed by atoms with Crippen LogP contribution in [0.5, 0.6) is 0 Å². The monoisotopic (exact) mass is 635 g/mol. The number of sulfonamides is 1. The van der Waals surface area contributed by atoms with E-state index in [1.165, 1.54) is 22.7 Å². The Balaban J connectivity index is 1.29. The predicted molar refractivity (Wildman–Crippen MR) is 175 cm³/mol. The summed E-state index contributed by atoms with van der Waals surface area (Å²) in [5.41, 5.74) is 4.43. The van der Waals surface area contributed by atoms with Crippen molar-refractivity contribution in [2.24, 2.45) is 5.92 Å². The van der Waals surface area contributed by atoms with Crippen LogP contribution in [0.25, 0.3) is 0 Å². The van der Waals surface area contributed by atoms with E-state index in [1.54, 1.807) is 17.0 Å². The summed E-state index contributed by atoms with van der Waals surface area (Å²) >= 11 is 0. The number of hydrogen-bond acceptors (Lipinski definition) is 6. The van der Waals surface area contributed by atoms with Crippen molar-refractivity contribution in [2.75, 3.05) is 48.2 Å². The van der Waals surface area contributed by atoms with Crippen LogP contribution in [0.4, 0.5) is 15.8 Å². The maximum Gasteiger partial charge on any atom is 0.245 e. The van der Waals surface area contributed by atoms with Gasteiger partial charge in [0, 0.05) is 58.2 Å². The van der Waals surface area contributed by atoms with E-state index in [2.05, 4.69) is 15.5 Å². The first-order chi connectivity index (χ1) is 21.5. The third-order valence-electron chi connectivity index (χ3n) is 8.36. The highest BCUT2D eigenvalue weighted by atomic mass is 32.2. The standard InChI is InChI=1S/C34H42FN5O4S/c1-24(2)23-40(45(3,43)44)32-11-7-6-10-31(32)38-16-18-39(19-17-38)34(42)30(20-25-12-14-27(35)15-13-25)37-33(41)21-29-28-9-5-4-8-26(28)22-36-29/h4-15,24,29-30,36H,16-23H2,1-3H3,(H,37,41)/t29?,30-/m1/s1. The number of para-hydroxylation sites is 2. The molecule has 2 heterocycles. The van der Waals surface area contributed by atoms with Crippen molar-refractivity contribution in [3.8, 4) is 0 Å². The summed E-state index contributed by atoms with van der Waals surface area (Å²) in [6.45, 7) is 6.84. The molecule has 45 heavy (non-hydrogen) atoms. The van der Waals surface area contributed by atoms with E-state index in [0.717, 1.165) is 22.4 Å². The lowest BCUT2D eigenvalue weighted by Gasteiger charge is -2.39. The van der Waals surface area contributed by atoms with Crippen LogP contribution in [-0.2, 0) is 32.6 Å². The van der Waals surface area contributed by atoms with E-state index < -0.39 is 16.1 Å². The van der Waals surface area contributed by atoms with E-state index in [0.29, 0.717) is 45.0 Å². The van der Waals surface area contributed by atoms with Crippen molar-refractivity contribution in [1.29, 1.82) is 0 Å². The van der Waals surface area contributed by atoms with Crippen molar-refractivity contribution < 1.29 is 22.4 Å². The first-order valence-electron chi connectivity index (χ1n) is 15.4. The van der Waals surface area contributed by atoms with Gasteiger partial charge in [0.25, 0.3) is 0 Å². The number of rotatable bonds is 11. The van der Waals surface area contributed by atoms with Gasteiger partial charge in [0.1, 0.15) is 11.9 Å². The van der Waals surface area contributed by atoms with Crippen molar-refractivity contribution >= 4 is 33.2 Å². The first kappa shape index (κ1) is 32.4. The van der Waals surface area contributed by atoms with Crippen molar-refractivity contribution in [3.05, 3.63) is 95.3 Å². The topological polar surface area (TPSA) is 102 Å². The Morgan fingerprint density at radius 1 is 0.978 bits per heavy atom. The fraction of sp³-hybridized carbons (Fsp3) is 0.412. The van der Waals surface area contributed by atoms with Crippen molar-refractivity contribution in [3.63, 3.8) is 0 Å². The van der Waals surface area contributed by atoms with Crippen molar-refractivity contribution in [1.82, 2.24) is 15.5 Å². The van der Waals surface area contributed by atoms with Gasteiger partial charge >= 0.3 is 0 Å². The average molecular weight is 636 g/mol. The highest BCUT2D eigenvalue weighted by Crippen LogP contribution is 2.32. The van der Waals surface area contributed by atoms with Crippen LogP contribution in [0.15, 0.2) is 72.8 Å². The molecule has 0 aromatic heterocycles. The number of anilines is 2. The Bertz CT molecular complexity index is 1610. The van der Waals surface area contributed by atoms with Gasteiger partial charge in [0.2, 0.25) is 21.8 Å². The number of carbonyl (C=O) groups excluding carboxylic acids is 2. The zero-order valence-corrected chi connectivity index (χ0v) is 26.9. The first-order valence-corrected chi connectivity index (χ1v) is 17.3. The average Bonchev–Trinajstić information content (AvgIpc) is 3.42. The summed E-state index contributed by atoms with van der Waals surface area (Å²) < 4.78 is 40.6. The van der Waals surface area contributed by atoms with Crippen LogP contribution < -0.4 is 19.8 Å². The number of amides is 2. The van der Waals surface area contributed by atoms with Crippen LogP contribution in [0.2, 0.25) is 0 Å². The number of fused-ring (bicyclic) bond motifs is 1. The summed E-state index contributed by atoms with van der Waals surface area (Å²) in [6.07, 6.45) is 1.66. The maximum atomic E-state index is 13.9. The van der Waals surface area contributed by atoms with E-state index in [4.69, 9.17) is 0 Å². The number of benzene rings is 3. The van der Waals surface area contributed by atoms with Crippen LogP contribution in [0.3, 0.4) is 0 Å². The molecule has 3 aromatic rings. The molecule has 0 bridgehead atoms. The van der Waals surface area contributed by atoms with E-state index >= 15 is 0 Å². The van der Waals surface area contributed by atoms with Gasteiger partial charge < -0.3 is 20.4 Å². The largest absolute Gasteiger partial charge is 0.366 e. The van der Waals surface area contributed by atoms with Gasteiger partial charge in [-0.05, 0) is 46.9 Å². The summed E-state index contributed by atoms with van der Waals surface area (Å²) in [4.78, 5) is 31.1. The maximum absolute atomic E-state index is 13.9. The van der Waals surface area contributed by atoms with Crippen LogP contribution in [-0.4, -0.2) is 70.2 Å². The summed E-state index contributed by atoms with van der Waals surface area (Å²) in [6, 6.07) is 20.5. The quantitative estimate of drug-likeness (QED) is 0.332. The number of nitrogens with zero attached hydrogens (tertiary/aromatic N) is 3. The number of hydrogen-bond donors (Lipinski definition) is 2. The fourth-order valence-electron chi connectivity index (χ4n) is 6.13.